The summed E-state index contributed by atoms with van der Waals surface area (Å²) in [6, 6.07) is 0. The Kier molecular flexibility index (Phi) is 9.85. The van der Waals surface area contributed by atoms with E-state index >= 15 is 0 Å². The summed E-state index contributed by atoms with van der Waals surface area (Å²) in [5, 5.41) is 78.8. The maximum Gasteiger partial charge on any atom is 0.335 e. The number of carboxylic acids is 1. The lowest BCUT2D eigenvalue weighted by atomic mass is 9.99. The molecule has 8 N–H and O–H groups in total. The number of aliphatic hydroxyl groups is 7. The van der Waals surface area contributed by atoms with E-state index in [1.165, 1.54) is 0 Å². The predicted octanol–water partition coefficient (Wildman–Crippen LogP) is -3.74. The number of hydrogen-bond acceptors (Lipinski definition) is 13. The van der Waals surface area contributed by atoms with Gasteiger partial charge < -0.3 is 64.5 Å². The zero-order valence-electron chi connectivity index (χ0n) is 17.8. The standard InChI is InChI=1S/C18H27Cl3O14/c19-1-4-7(22)14(28)18(3-20,34-4)35-17-11(26)8(23)6(21)5(32-17)2-31-16-12(27)9(24)10(25)13(33-16)15(29)30/h4-14,16-17,22-28H,1-3H2,(H,29,30)/t4-,5-,6+,7-,8+,9+,10+,11-,12-,13+,14+,16-,17-,18+/m1/s1. The summed E-state index contributed by atoms with van der Waals surface area (Å²) >= 11 is 17.8. The normalized spacial score (nSPS) is 50.9. The van der Waals surface area contributed by atoms with Gasteiger partial charge in [0.2, 0.25) is 5.79 Å². The largest absolute Gasteiger partial charge is 0.479 e. The zero-order chi connectivity index (χ0) is 26.2. The van der Waals surface area contributed by atoms with Crippen molar-refractivity contribution in [3.05, 3.63) is 0 Å². The van der Waals surface area contributed by atoms with Crippen molar-refractivity contribution < 1.29 is 69.3 Å². The van der Waals surface area contributed by atoms with Gasteiger partial charge in [-0.15, -0.1) is 34.8 Å². The zero-order valence-corrected chi connectivity index (χ0v) is 20.1. The number of carboxylic acid groups (broad SMARTS) is 1. The third-order valence-corrected chi connectivity index (χ3v) is 7.23. The first kappa shape index (κ1) is 29.4. The van der Waals surface area contributed by atoms with Gasteiger partial charge in [-0.1, -0.05) is 0 Å². The molecule has 3 aliphatic rings. The molecule has 0 unspecified atom stereocenters. The van der Waals surface area contributed by atoms with Crippen LogP contribution in [0.4, 0.5) is 0 Å². The van der Waals surface area contributed by atoms with E-state index in [9.17, 15) is 40.5 Å². The van der Waals surface area contributed by atoms with E-state index in [4.69, 9.17) is 63.6 Å². The fourth-order valence-corrected chi connectivity index (χ4v) is 4.73. The summed E-state index contributed by atoms with van der Waals surface area (Å²) in [6.07, 6.45) is -20.1. The molecule has 0 radical (unpaired) electrons. The Morgan fingerprint density at radius 3 is 2.00 bits per heavy atom. The summed E-state index contributed by atoms with van der Waals surface area (Å²) in [6.45, 7) is -0.584. The van der Waals surface area contributed by atoms with Crippen LogP contribution in [0.1, 0.15) is 0 Å². The van der Waals surface area contributed by atoms with Crippen LogP contribution in [0.25, 0.3) is 0 Å². The van der Waals surface area contributed by atoms with Crippen LogP contribution in [0, 0.1) is 0 Å². The van der Waals surface area contributed by atoms with E-state index in [1.54, 1.807) is 0 Å². The van der Waals surface area contributed by atoms with Gasteiger partial charge in [0.15, 0.2) is 18.7 Å². The highest BCUT2D eigenvalue weighted by atomic mass is 35.5. The van der Waals surface area contributed by atoms with Gasteiger partial charge in [0.25, 0.3) is 0 Å². The first-order valence-electron chi connectivity index (χ1n) is 10.4. The summed E-state index contributed by atoms with van der Waals surface area (Å²) in [7, 11) is 0. The highest BCUT2D eigenvalue weighted by Crippen LogP contribution is 2.38. The Hall–Kier alpha value is -0.140. The monoisotopic (exact) mass is 572 g/mol. The fraction of sp³-hybridized carbons (Fsp3) is 0.944. The first-order chi connectivity index (χ1) is 16.4. The van der Waals surface area contributed by atoms with Gasteiger partial charge in [-0.3, -0.25) is 0 Å². The second-order valence-electron chi connectivity index (χ2n) is 8.35. The number of ether oxygens (including phenoxy) is 5. The van der Waals surface area contributed by atoms with E-state index in [2.05, 4.69) is 0 Å². The number of aliphatic carboxylic acids is 1. The summed E-state index contributed by atoms with van der Waals surface area (Å²) in [5.41, 5.74) is 0. The molecule has 3 heterocycles. The predicted molar refractivity (Wildman–Crippen MR) is 113 cm³/mol. The fourth-order valence-electron chi connectivity index (χ4n) is 3.92. The first-order valence-corrected chi connectivity index (χ1v) is 11.9. The third-order valence-electron chi connectivity index (χ3n) is 6.02. The summed E-state index contributed by atoms with van der Waals surface area (Å²) < 4.78 is 26.9. The average Bonchev–Trinajstić information content (AvgIpc) is 3.07. The Morgan fingerprint density at radius 1 is 0.829 bits per heavy atom. The molecular weight excluding hydrogens is 547 g/mol. The van der Waals surface area contributed by atoms with Crippen LogP contribution >= 0.6 is 34.8 Å². The van der Waals surface area contributed by atoms with Crippen LogP contribution in [0.15, 0.2) is 0 Å². The minimum Gasteiger partial charge on any atom is -0.479 e. The molecule has 0 spiro atoms. The Bertz CT molecular complexity index is 737. The van der Waals surface area contributed by atoms with Gasteiger partial charge in [-0.25, -0.2) is 4.79 Å². The number of hydrogen-bond donors (Lipinski definition) is 8. The SMILES string of the molecule is O=C(O)[C@H]1O[C@@H](OC[C@H]2O[C@H](O[C@]3(CCl)O[C@H](CCl)[C@@H](O)[C@@H]3O)[C@H](O)[C@@H](O)[C@H]2Cl)[C@H](O)[C@@H](O)[C@@H]1O. The topological polar surface area (TPSA) is 225 Å². The molecule has 14 atom stereocenters. The van der Waals surface area contributed by atoms with Crippen molar-refractivity contribution in [3.8, 4) is 0 Å². The van der Waals surface area contributed by atoms with Crippen molar-refractivity contribution >= 4 is 40.8 Å². The van der Waals surface area contributed by atoms with Crippen LogP contribution in [0.3, 0.4) is 0 Å². The maximum absolute atomic E-state index is 11.2. The highest BCUT2D eigenvalue weighted by molar-refractivity contribution is 6.21. The number of carbonyl (C=O) groups is 1. The number of halogens is 3. The number of rotatable bonds is 8. The smallest absolute Gasteiger partial charge is 0.335 e. The van der Waals surface area contributed by atoms with E-state index in [1.807, 2.05) is 0 Å². The molecule has 0 aliphatic carbocycles. The lowest BCUT2D eigenvalue weighted by Crippen LogP contribution is -2.62. The Labute approximate surface area is 213 Å². The van der Waals surface area contributed by atoms with Crippen LogP contribution in [0.2, 0.25) is 0 Å². The molecule has 0 aromatic carbocycles. The van der Waals surface area contributed by atoms with Crippen molar-refractivity contribution in [1.29, 1.82) is 0 Å². The van der Waals surface area contributed by atoms with Gasteiger partial charge in [0, 0.05) is 0 Å². The number of alkyl halides is 3. The quantitative estimate of drug-likeness (QED) is 0.131. The van der Waals surface area contributed by atoms with Crippen LogP contribution < -0.4 is 0 Å². The second-order valence-corrected chi connectivity index (χ2v) is 9.43. The minimum absolute atomic E-state index is 0.223. The number of aliphatic hydroxyl groups excluding tert-OH is 7. The molecule has 0 amide bonds. The Balaban J connectivity index is 1.70. The van der Waals surface area contributed by atoms with Gasteiger partial charge in [-0.2, -0.15) is 0 Å². The van der Waals surface area contributed by atoms with Crippen molar-refractivity contribution in [2.24, 2.45) is 0 Å². The van der Waals surface area contributed by atoms with E-state index in [0.717, 1.165) is 0 Å². The van der Waals surface area contributed by atoms with Gasteiger partial charge in [0.05, 0.1) is 23.7 Å². The molecule has 17 heteroatoms. The van der Waals surface area contributed by atoms with Crippen molar-refractivity contribution in [3.63, 3.8) is 0 Å². The summed E-state index contributed by atoms with van der Waals surface area (Å²) in [5.74, 6) is -4.45. The molecule has 14 nitrogen and oxygen atoms in total. The molecule has 0 saturated carbocycles. The maximum atomic E-state index is 11.2. The lowest BCUT2D eigenvalue weighted by Gasteiger charge is -2.44. The van der Waals surface area contributed by atoms with Crippen LogP contribution in [-0.4, -0.2) is 150 Å². The van der Waals surface area contributed by atoms with Gasteiger partial charge >= 0.3 is 5.97 Å². The second kappa shape index (κ2) is 11.7. The third kappa shape index (κ3) is 5.67. The molecule has 3 fully saturated rings. The van der Waals surface area contributed by atoms with Crippen LogP contribution in [-0.2, 0) is 28.5 Å². The molecule has 0 bridgehead atoms. The molecule has 3 saturated heterocycles. The van der Waals surface area contributed by atoms with E-state index in [0.29, 0.717) is 0 Å². The van der Waals surface area contributed by atoms with E-state index in [-0.39, 0.29) is 5.88 Å². The van der Waals surface area contributed by atoms with Gasteiger partial charge in [-0.05, 0) is 0 Å². The van der Waals surface area contributed by atoms with Crippen LogP contribution in [0.5, 0.6) is 0 Å². The molecule has 3 rings (SSSR count). The van der Waals surface area contributed by atoms with Gasteiger partial charge in [0.1, 0.15) is 54.9 Å². The minimum atomic E-state index is -2.08. The molecule has 3 aliphatic heterocycles. The van der Waals surface area contributed by atoms with Crippen molar-refractivity contribution in [2.45, 2.75) is 84.8 Å². The molecule has 0 aromatic heterocycles. The molecule has 35 heavy (non-hydrogen) atoms. The molecular formula is C18H27Cl3O14. The Morgan fingerprint density at radius 2 is 1.46 bits per heavy atom. The van der Waals surface area contributed by atoms with Crippen molar-refractivity contribution in [2.75, 3.05) is 18.4 Å². The average molecular weight is 574 g/mol. The molecule has 204 valence electrons. The molecule has 0 aromatic rings. The van der Waals surface area contributed by atoms with E-state index < -0.39 is 103 Å². The highest BCUT2D eigenvalue weighted by Gasteiger charge is 2.58. The summed E-state index contributed by atoms with van der Waals surface area (Å²) in [4.78, 5) is 11.2. The lowest BCUT2D eigenvalue weighted by molar-refractivity contribution is -0.363. The van der Waals surface area contributed by atoms with Crippen molar-refractivity contribution in [1.82, 2.24) is 0 Å².